The number of amides is 2. The highest BCUT2D eigenvalue weighted by Crippen LogP contribution is 2.07. The van der Waals surface area contributed by atoms with Gasteiger partial charge < -0.3 is 20.7 Å². The van der Waals surface area contributed by atoms with Crippen molar-refractivity contribution in [3.8, 4) is 0 Å². The van der Waals surface area contributed by atoms with E-state index in [0.717, 1.165) is 0 Å². The van der Waals surface area contributed by atoms with Gasteiger partial charge in [0.25, 0.3) is 5.91 Å². The summed E-state index contributed by atoms with van der Waals surface area (Å²) in [6.07, 6.45) is 0.705. The first kappa shape index (κ1) is 15.0. The number of hydrogen-bond donors (Lipinski definition) is 3. The molecule has 110 valence electrons. The van der Waals surface area contributed by atoms with E-state index in [0.29, 0.717) is 44.1 Å². The number of nitrogens with one attached hydrogen (secondary N) is 3. The van der Waals surface area contributed by atoms with Gasteiger partial charge in [-0.25, -0.2) is 0 Å². The van der Waals surface area contributed by atoms with Crippen molar-refractivity contribution in [3.05, 3.63) is 22.4 Å². The van der Waals surface area contributed by atoms with Gasteiger partial charge in [-0.1, -0.05) is 6.07 Å². The number of thiophene rings is 1. The van der Waals surface area contributed by atoms with Crippen LogP contribution < -0.4 is 16.0 Å². The third kappa shape index (κ3) is 4.59. The van der Waals surface area contributed by atoms with Crippen molar-refractivity contribution < 1.29 is 14.3 Å². The minimum Gasteiger partial charge on any atom is -0.378 e. The molecule has 2 amide bonds. The normalized spacial score (nSPS) is 18.5. The number of ether oxygens (including phenoxy) is 1. The first-order chi connectivity index (χ1) is 9.77. The smallest absolute Gasteiger partial charge is 0.261 e. The van der Waals surface area contributed by atoms with E-state index in [1.807, 2.05) is 11.4 Å². The topological polar surface area (TPSA) is 79.5 Å². The Bertz CT molecular complexity index is 430. The molecule has 0 radical (unpaired) electrons. The van der Waals surface area contributed by atoms with Gasteiger partial charge in [-0.15, -0.1) is 11.3 Å². The van der Waals surface area contributed by atoms with Crippen LogP contribution in [0.15, 0.2) is 17.5 Å². The van der Waals surface area contributed by atoms with Crippen molar-refractivity contribution in [2.75, 3.05) is 32.8 Å². The summed E-state index contributed by atoms with van der Waals surface area (Å²) in [5.74, 6) is -0.108. The Balaban J connectivity index is 1.55. The Morgan fingerprint density at radius 3 is 2.95 bits per heavy atom. The van der Waals surface area contributed by atoms with Crippen LogP contribution in [0.3, 0.4) is 0 Å². The second-order valence-corrected chi connectivity index (χ2v) is 5.41. The third-order valence-electron chi connectivity index (χ3n) is 2.92. The molecule has 20 heavy (non-hydrogen) atoms. The molecule has 0 saturated carbocycles. The number of carbonyl (C=O) groups is 2. The van der Waals surface area contributed by atoms with E-state index in [2.05, 4.69) is 16.0 Å². The SMILES string of the molecule is O=C(NCCCNC(=O)C1COCCN1)c1cccs1. The molecule has 1 aliphatic heterocycles. The molecule has 7 heteroatoms. The first-order valence-corrected chi connectivity index (χ1v) is 7.56. The molecule has 1 aromatic heterocycles. The van der Waals surface area contributed by atoms with Gasteiger partial charge >= 0.3 is 0 Å². The molecule has 3 N–H and O–H groups in total. The predicted octanol–water partition coefficient (Wildman–Crippen LogP) is -0.0274. The van der Waals surface area contributed by atoms with Gasteiger partial charge in [-0.3, -0.25) is 9.59 Å². The fourth-order valence-corrected chi connectivity index (χ4v) is 2.49. The monoisotopic (exact) mass is 297 g/mol. The number of morpholine rings is 1. The summed E-state index contributed by atoms with van der Waals surface area (Å²) in [5, 5.41) is 10.6. The molecule has 0 bridgehead atoms. The van der Waals surface area contributed by atoms with Gasteiger partial charge in [0.2, 0.25) is 5.91 Å². The Kier molecular flexibility index (Phi) is 5.97. The largest absolute Gasteiger partial charge is 0.378 e. The molecule has 2 rings (SSSR count). The average molecular weight is 297 g/mol. The van der Waals surface area contributed by atoms with Crippen molar-refractivity contribution in [3.63, 3.8) is 0 Å². The maximum Gasteiger partial charge on any atom is 0.261 e. The van der Waals surface area contributed by atoms with E-state index in [-0.39, 0.29) is 17.9 Å². The molecule has 0 spiro atoms. The number of rotatable bonds is 6. The first-order valence-electron chi connectivity index (χ1n) is 6.68. The van der Waals surface area contributed by atoms with Crippen LogP contribution in [0.1, 0.15) is 16.1 Å². The Morgan fingerprint density at radius 1 is 1.40 bits per heavy atom. The summed E-state index contributed by atoms with van der Waals surface area (Å²) in [6, 6.07) is 3.37. The van der Waals surface area contributed by atoms with Gasteiger partial charge in [-0.2, -0.15) is 0 Å². The Labute approximate surface area is 121 Å². The highest BCUT2D eigenvalue weighted by molar-refractivity contribution is 7.12. The molecule has 2 heterocycles. The van der Waals surface area contributed by atoms with Crippen LogP contribution in [-0.4, -0.2) is 50.7 Å². The predicted molar refractivity (Wildman–Crippen MR) is 76.9 cm³/mol. The lowest BCUT2D eigenvalue weighted by molar-refractivity contribution is -0.125. The summed E-state index contributed by atoms with van der Waals surface area (Å²) in [6.45, 7) is 2.86. The Hall–Kier alpha value is -1.44. The van der Waals surface area contributed by atoms with E-state index in [9.17, 15) is 9.59 Å². The third-order valence-corrected chi connectivity index (χ3v) is 3.79. The maximum atomic E-state index is 11.7. The summed E-state index contributed by atoms with van der Waals surface area (Å²) < 4.78 is 5.22. The minimum absolute atomic E-state index is 0.0470. The molecule has 1 fully saturated rings. The van der Waals surface area contributed by atoms with Gasteiger partial charge in [0, 0.05) is 19.6 Å². The van der Waals surface area contributed by atoms with Crippen LogP contribution in [0.4, 0.5) is 0 Å². The zero-order valence-electron chi connectivity index (χ0n) is 11.2. The molecule has 0 aromatic carbocycles. The minimum atomic E-state index is -0.260. The van der Waals surface area contributed by atoms with Crippen LogP contribution >= 0.6 is 11.3 Å². The highest BCUT2D eigenvalue weighted by Gasteiger charge is 2.20. The fraction of sp³-hybridized carbons (Fsp3) is 0.538. The van der Waals surface area contributed by atoms with E-state index in [1.54, 1.807) is 6.07 Å². The Morgan fingerprint density at radius 2 is 2.25 bits per heavy atom. The van der Waals surface area contributed by atoms with Crippen molar-refractivity contribution in [2.45, 2.75) is 12.5 Å². The van der Waals surface area contributed by atoms with Gasteiger partial charge in [-0.05, 0) is 17.9 Å². The second-order valence-electron chi connectivity index (χ2n) is 4.46. The van der Waals surface area contributed by atoms with Crippen molar-refractivity contribution in [2.24, 2.45) is 0 Å². The molecule has 1 unspecified atom stereocenters. The summed E-state index contributed by atoms with van der Waals surface area (Å²) in [4.78, 5) is 24.1. The lowest BCUT2D eigenvalue weighted by atomic mass is 10.2. The molecule has 1 aromatic rings. The second kappa shape index (κ2) is 7.98. The molecule has 1 saturated heterocycles. The van der Waals surface area contributed by atoms with E-state index in [4.69, 9.17) is 4.74 Å². The number of carbonyl (C=O) groups excluding carboxylic acids is 2. The van der Waals surface area contributed by atoms with Crippen LogP contribution in [0, 0.1) is 0 Å². The lowest BCUT2D eigenvalue weighted by Gasteiger charge is -2.22. The summed E-state index contributed by atoms with van der Waals surface area (Å²) >= 11 is 1.41. The summed E-state index contributed by atoms with van der Waals surface area (Å²) in [7, 11) is 0. The molecule has 1 atom stereocenters. The van der Waals surface area contributed by atoms with Crippen molar-refractivity contribution in [1.29, 1.82) is 0 Å². The van der Waals surface area contributed by atoms with Gasteiger partial charge in [0.05, 0.1) is 18.1 Å². The molecule has 6 nitrogen and oxygen atoms in total. The quantitative estimate of drug-likeness (QED) is 0.644. The van der Waals surface area contributed by atoms with E-state index >= 15 is 0 Å². The standard InChI is InChI=1S/C13H19N3O3S/c17-12(10-9-19-7-6-14-10)15-4-2-5-16-13(18)11-3-1-8-20-11/h1,3,8,10,14H,2,4-7,9H2,(H,15,17)(H,16,18). The van der Waals surface area contributed by atoms with E-state index < -0.39 is 0 Å². The number of hydrogen-bond acceptors (Lipinski definition) is 5. The van der Waals surface area contributed by atoms with Crippen LogP contribution in [0.25, 0.3) is 0 Å². The lowest BCUT2D eigenvalue weighted by Crippen LogP contribution is -2.51. The average Bonchev–Trinajstić information content (AvgIpc) is 3.01. The molecule has 1 aliphatic rings. The van der Waals surface area contributed by atoms with Gasteiger partial charge in [0.1, 0.15) is 6.04 Å². The van der Waals surface area contributed by atoms with Crippen LogP contribution in [-0.2, 0) is 9.53 Å². The zero-order chi connectivity index (χ0) is 14.2. The van der Waals surface area contributed by atoms with E-state index in [1.165, 1.54) is 11.3 Å². The highest BCUT2D eigenvalue weighted by atomic mass is 32.1. The zero-order valence-corrected chi connectivity index (χ0v) is 12.0. The molecule has 0 aliphatic carbocycles. The maximum absolute atomic E-state index is 11.7. The molecular formula is C13H19N3O3S. The fourth-order valence-electron chi connectivity index (χ4n) is 1.85. The van der Waals surface area contributed by atoms with Crippen LogP contribution in [0.5, 0.6) is 0 Å². The van der Waals surface area contributed by atoms with Crippen LogP contribution in [0.2, 0.25) is 0 Å². The molecular weight excluding hydrogens is 278 g/mol. The van der Waals surface area contributed by atoms with Crippen molar-refractivity contribution in [1.82, 2.24) is 16.0 Å². The summed E-state index contributed by atoms with van der Waals surface area (Å²) in [5.41, 5.74) is 0. The van der Waals surface area contributed by atoms with Crippen molar-refractivity contribution >= 4 is 23.2 Å². The van der Waals surface area contributed by atoms with Gasteiger partial charge in [0.15, 0.2) is 0 Å².